The first-order valence-electron chi connectivity index (χ1n) is 8.58. The molecule has 24 heavy (non-hydrogen) atoms. The molecule has 5 heteroatoms. The Kier molecular flexibility index (Phi) is 4.85. The average molecular weight is 367 g/mol. The predicted octanol–water partition coefficient (Wildman–Crippen LogP) is 5.67. The van der Waals surface area contributed by atoms with E-state index in [0.29, 0.717) is 39.5 Å². The summed E-state index contributed by atoms with van der Waals surface area (Å²) in [5, 5.41) is 5.01. The lowest BCUT2D eigenvalue weighted by atomic mass is 9.57. The van der Waals surface area contributed by atoms with Gasteiger partial charge < -0.3 is 10.3 Å². The zero-order valence-corrected chi connectivity index (χ0v) is 15.9. The van der Waals surface area contributed by atoms with E-state index in [4.69, 9.17) is 23.2 Å². The van der Waals surface area contributed by atoms with Crippen LogP contribution < -0.4 is 5.32 Å². The Morgan fingerprint density at radius 2 is 2.12 bits per heavy atom. The molecule has 0 saturated heterocycles. The first-order valence-corrected chi connectivity index (χ1v) is 9.33. The van der Waals surface area contributed by atoms with Crippen molar-refractivity contribution in [3.8, 4) is 0 Å². The van der Waals surface area contributed by atoms with Crippen molar-refractivity contribution >= 4 is 40.0 Å². The second-order valence-electron chi connectivity index (χ2n) is 7.54. The minimum atomic E-state index is -0.0889. The van der Waals surface area contributed by atoms with Crippen molar-refractivity contribution in [1.82, 2.24) is 10.3 Å². The molecule has 0 spiro atoms. The lowest BCUT2D eigenvalue weighted by Crippen LogP contribution is -2.44. The standard InChI is InChI=1S/C19H24Cl2N2O/c1-4-11(14-5-6-19(14,2)3)10-22-18(24)17-9-13-15(21)7-12(20)8-16(13)23-17/h7-9,11,14,23H,4-6,10H2,1-3H3,(H,22,24)/t11-,14+/m1/s1. The SMILES string of the molecule is CC[C@H](CNC(=O)c1cc2c(Cl)cc(Cl)cc2[nH]1)[C@@H]1CCC1(C)C. The zero-order chi connectivity index (χ0) is 17.5. The summed E-state index contributed by atoms with van der Waals surface area (Å²) in [5.41, 5.74) is 1.71. The number of amides is 1. The molecule has 2 atom stereocenters. The Morgan fingerprint density at radius 3 is 2.71 bits per heavy atom. The molecule has 130 valence electrons. The molecule has 1 fully saturated rings. The van der Waals surface area contributed by atoms with Crippen LogP contribution in [-0.2, 0) is 0 Å². The van der Waals surface area contributed by atoms with Gasteiger partial charge in [0.25, 0.3) is 5.91 Å². The Morgan fingerprint density at radius 1 is 1.38 bits per heavy atom. The molecule has 1 aliphatic carbocycles. The molecular formula is C19H24Cl2N2O. The molecule has 0 aliphatic heterocycles. The molecule has 1 heterocycles. The number of hydrogen-bond acceptors (Lipinski definition) is 1. The summed E-state index contributed by atoms with van der Waals surface area (Å²) in [6.07, 6.45) is 3.63. The first-order chi connectivity index (χ1) is 11.3. The van der Waals surface area contributed by atoms with E-state index in [1.165, 1.54) is 12.8 Å². The molecule has 1 aromatic carbocycles. The molecule has 0 unspecified atom stereocenters. The smallest absolute Gasteiger partial charge is 0.267 e. The van der Waals surface area contributed by atoms with Crippen LogP contribution in [0.1, 0.15) is 50.5 Å². The summed E-state index contributed by atoms with van der Waals surface area (Å²) in [6.45, 7) is 7.58. The van der Waals surface area contributed by atoms with Crippen LogP contribution in [0.15, 0.2) is 18.2 Å². The van der Waals surface area contributed by atoms with Crippen molar-refractivity contribution < 1.29 is 4.79 Å². The van der Waals surface area contributed by atoms with E-state index >= 15 is 0 Å². The zero-order valence-electron chi connectivity index (χ0n) is 14.4. The number of aromatic nitrogens is 1. The molecule has 1 aromatic heterocycles. The minimum Gasteiger partial charge on any atom is -0.350 e. The highest BCUT2D eigenvalue weighted by molar-refractivity contribution is 6.38. The van der Waals surface area contributed by atoms with Crippen LogP contribution in [0.4, 0.5) is 0 Å². The lowest BCUT2D eigenvalue weighted by molar-refractivity contribution is 0.0180. The maximum atomic E-state index is 12.5. The van der Waals surface area contributed by atoms with Gasteiger partial charge in [0.05, 0.1) is 5.02 Å². The molecule has 3 rings (SSSR count). The van der Waals surface area contributed by atoms with Gasteiger partial charge in [-0.05, 0) is 48.3 Å². The van der Waals surface area contributed by atoms with Gasteiger partial charge in [-0.15, -0.1) is 0 Å². The molecular weight excluding hydrogens is 343 g/mol. The number of aromatic amines is 1. The van der Waals surface area contributed by atoms with Crippen LogP contribution in [0.5, 0.6) is 0 Å². The highest BCUT2D eigenvalue weighted by atomic mass is 35.5. The van der Waals surface area contributed by atoms with Crippen LogP contribution in [0.2, 0.25) is 10.0 Å². The number of H-pyrrole nitrogens is 1. The quantitative estimate of drug-likeness (QED) is 0.703. The van der Waals surface area contributed by atoms with E-state index in [1.807, 2.05) is 0 Å². The van der Waals surface area contributed by atoms with Gasteiger partial charge in [0.15, 0.2) is 0 Å². The molecule has 0 bridgehead atoms. The summed E-state index contributed by atoms with van der Waals surface area (Å²) in [4.78, 5) is 15.6. The van der Waals surface area contributed by atoms with E-state index in [9.17, 15) is 4.79 Å². The summed E-state index contributed by atoms with van der Waals surface area (Å²) in [6, 6.07) is 5.26. The van der Waals surface area contributed by atoms with Gasteiger partial charge in [0.2, 0.25) is 0 Å². The fraction of sp³-hybridized carbons (Fsp3) is 0.526. The topological polar surface area (TPSA) is 44.9 Å². The molecule has 2 aromatic rings. The van der Waals surface area contributed by atoms with Crippen molar-refractivity contribution in [3.63, 3.8) is 0 Å². The van der Waals surface area contributed by atoms with Crippen molar-refractivity contribution in [2.24, 2.45) is 17.3 Å². The molecule has 1 amide bonds. The largest absolute Gasteiger partial charge is 0.350 e. The number of hydrogen-bond donors (Lipinski definition) is 2. The summed E-state index contributed by atoms with van der Waals surface area (Å²) in [7, 11) is 0. The van der Waals surface area contributed by atoms with Gasteiger partial charge in [-0.2, -0.15) is 0 Å². The van der Waals surface area contributed by atoms with E-state index < -0.39 is 0 Å². The maximum absolute atomic E-state index is 12.5. The molecule has 1 saturated carbocycles. The Labute approximate surface area is 153 Å². The van der Waals surface area contributed by atoms with Crippen LogP contribution in [0.3, 0.4) is 0 Å². The fourth-order valence-corrected chi connectivity index (χ4v) is 4.48. The Bertz CT molecular complexity index is 766. The van der Waals surface area contributed by atoms with Crippen molar-refractivity contribution in [2.75, 3.05) is 6.54 Å². The number of carbonyl (C=O) groups excluding carboxylic acids is 1. The number of rotatable bonds is 5. The third-order valence-electron chi connectivity index (χ3n) is 5.62. The van der Waals surface area contributed by atoms with Crippen LogP contribution in [0.25, 0.3) is 10.9 Å². The number of carbonyl (C=O) groups is 1. The first kappa shape index (κ1) is 17.6. The molecule has 3 nitrogen and oxygen atoms in total. The van der Waals surface area contributed by atoms with E-state index in [-0.39, 0.29) is 5.91 Å². The minimum absolute atomic E-state index is 0.0889. The van der Waals surface area contributed by atoms with Crippen LogP contribution >= 0.6 is 23.2 Å². The number of benzene rings is 1. The predicted molar refractivity (Wildman–Crippen MR) is 101 cm³/mol. The second kappa shape index (κ2) is 6.61. The third kappa shape index (κ3) is 3.29. The van der Waals surface area contributed by atoms with Gasteiger partial charge >= 0.3 is 0 Å². The van der Waals surface area contributed by atoms with E-state index in [0.717, 1.165) is 17.3 Å². The average Bonchev–Trinajstić information content (AvgIpc) is 2.94. The van der Waals surface area contributed by atoms with Crippen LogP contribution in [-0.4, -0.2) is 17.4 Å². The van der Waals surface area contributed by atoms with Gasteiger partial charge in [-0.1, -0.05) is 50.4 Å². The van der Waals surface area contributed by atoms with Crippen LogP contribution in [0, 0.1) is 17.3 Å². The normalized spacial score (nSPS) is 20.6. The van der Waals surface area contributed by atoms with Gasteiger partial charge in [-0.3, -0.25) is 4.79 Å². The summed E-state index contributed by atoms with van der Waals surface area (Å²) >= 11 is 12.2. The monoisotopic (exact) mass is 366 g/mol. The van der Waals surface area contributed by atoms with Gasteiger partial charge in [0, 0.05) is 22.5 Å². The van der Waals surface area contributed by atoms with E-state index in [1.54, 1.807) is 18.2 Å². The molecule has 0 radical (unpaired) electrons. The summed E-state index contributed by atoms with van der Waals surface area (Å²) in [5.74, 6) is 1.13. The highest BCUT2D eigenvalue weighted by Crippen LogP contribution is 2.50. The summed E-state index contributed by atoms with van der Waals surface area (Å²) < 4.78 is 0. The fourth-order valence-electron chi connectivity index (χ4n) is 3.93. The lowest BCUT2D eigenvalue weighted by Gasteiger charge is -2.49. The molecule has 2 N–H and O–H groups in total. The number of halogens is 2. The highest BCUT2D eigenvalue weighted by Gasteiger charge is 2.42. The number of nitrogens with one attached hydrogen (secondary N) is 2. The number of fused-ring (bicyclic) bond motifs is 1. The van der Waals surface area contributed by atoms with Gasteiger partial charge in [-0.25, -0.2) is 0 Å². The maximum Gasteiger partial charge on any atom is 0.267 e. The third-order valence-corrected chi connectivity index (χ3v) is 6.15. The van der Waals surface area contributed by atoms with Crippen molar-refractivity contribution in [3.05, 3.63) is 33.9 Å². The van der Waals surface area contributed by atoms with E-state index in [2.05, 4.69) is 31.1 Å². The van der Waals surface area contributed by atoms with Crippen molar-refractivity contribution in [1.29, 1.82) is 0 Å². The van der Waals surface area contributed by atoms with Gasteiger partial charge in [0.1, 0.15) is 5.69 Å². The van der Waals surface area contributed by atoms with Crippen molar-refractivity contribution in [2.45, 2.75) is 40.0 Å². The Hall–Kier alpha value is -1.19. The second-order valence-corrected chi connectivity index (χ2v) is 8.39. The molecule has 1 aliphatic rings. The Balaban J connectivity index is 1.70.